The molecule has 2 atom stereocenters. The van der Waals surface area contributed by atoms with Crippen LogP contribution in [0.2, 0.25) is 0 Å². The van der Waals surface area contributed by atoms with Crippen molar-refractivity contribution < 1.29 is 4.79 Å². The molecule has 0 radical (unpaired) electrons. The van der Waals surface area contributed by atoms with Gasteiger partial charge in [0.05, 0.1) is 0 Å². The Morgan fingerprint density at radius 2 is 2.55 bits per heavy atom. The highest BCUT2D eigenvalue weighted by atomic mass is 16.1. The van der Waals surface area contributed by atoms with E-state index in [2.05, 4.69) is 5.32 Å². The number of primary amides is 1. The molecule has 1 fully saturated rings. The number of amides is 1. The molecule has 0 aromatic rings. The molecule has 1 heterocycles. The second-order valence-electron chi connectivity index (χ2n) is 3.33. The minimum Gasteiger partial charge on any atom is -0.369 e. The van der Waals surface area contributed by atoms with Gasteiger partial charge in [-0.25, -0.2) is 0 Å². The summed E-state index contributed by atoms with van der Waals surface area (Å²) in [5.74, 6) is -0.163. The molecule has 1 aliphatic rings. The van der Waals surface area contributed by atoms with Crippen LogP contribution < -0.4 is 11.1 Å². The van der Waals surface area contributed by atoms with Crippen LogP contribution in [0.15, 0.2) is 0 Å². The van der Waals surface area contributed by atoms with Crippen LogP contribution in [0.3, 0.4) is 0 Å². The molecule has 2 unspecified atom stereocenters. The van der Waals surface area contributed by atoms with E-state index in [9.17, 15) is 4.79 Å². The van der Waals surface area contributed by atoms with Crippen molar-refractivity contribution in [3.63, 3.8) is 0 Å². The topological polar surface area (TPSA) is 55.1 Å². The molecule has 0 aliphatic carbocycles. The molecular formula is C8H16N2O. The van der Waals surface area contributed by atoms with Crippen molar-refractivity contribution in [3.05, 3.63) is 0 Å². The second kappa shape index (κ2) is 3.72. The monoisotopic (exact) mass is 156 g/mol. The zero-order valence-electron chi connectivity index (χ0n) is 6.97. The molecule has 11 heavy (non-hydrogen) atoms. The maximum atomic E-state index is 10.7. The Morgan fingerprint density at radius 1 is 1.82 bits per heavy atom. The number of nitrogens with two attached hydrogens (primary N) is 1. The maximum absolute atomic E-state index is 10.7. The maximum Gasteiger partial charge on any atom is 0.220 e. The molecule has 1 rings (SSSR count). The van der Waals surface area contributed by atoms with Crippen LogP contribution in [0.5, 0.6) is 0 Å². The van der Waals surface area contributed by atoms with E-state index < -0.39 is 0 Å². The molecule has 64 valence electrons. The van der Waals surface area contributed by atoms with E-state index in [0.717, 1.165) is 13.0 Å². The van der Waals surface area contributed by atoms with Crippen LogP contribution in [-0.2, 0) is 4.79 Å². The van der Waals surface area contributed by atoms with Crippen LogP contribution in [0.25, 0.3) is 0 Å². The molecule has 3 N–H and O–H groups in total. The molecule has 0 aromatic carbocycles. The smallest absolute Gasteiger partial charge is 0.220 e. The Bertz CT molecular complexity index is 141. The first kappa shape index (κ1) is 8.53. The van der Waals surface area contributed by atoms with Crippen molar-refractivity contribution in [3.8, 4) is 0 Å². The standard InChI is InChI=1S/C8H16N2O/c1-6(8(9)11)5-7-3-2-4-10-7/h6-7,10H,2-5H2,1H3,(H2,9,11). The third-order valence-electron chi connectivity index (χ3n) is 2.29. The fourth-order valence-electron chi connectivity index (χ4n) is 1.50. The van der Waals surface area contributed by atoms with Crippen LogP contribution in [0, 0.1) is 5.92 Å². The van der Waals surface area contributed by atoms with Crippen LogP contribution in [0.4, 0.5) is 0 Å². The lowest BCUT2D eigenvalue weighted by atomic mass is 10.0. The summed E-state index contributed by atoms with van der Waals surface area (Å²) in [5.41, 5.74) is 5.15. The molecular weight excluding hydrogens is 140 g/mol. The Kier molecular flexibility index (Phi) is 2.88. The summed E-state index contributed by atoms with van der Waals surface area (Å²) in [6.07, 6.45) is 3.32. The van der Waals surface area contributed by atoms with E-state index in [1.54, 1.807) is 0 Å². The molecule has 1 amide bonds. The van der Waals surface area contributed by atoms with Gasteiger partial charge >= 0.3 is 0 Å². The molecule has 3 nitrogen and oxygen atoms in total. The molecule has 0 bridgehead atoms. The van der Waals surface area contributed by atoms with Gasteiger partial charge in [0.2, 0.25) is 5.91 Å². The zero-order chi connectivity index (χ0) is 8.27. The van der Waals surface area contributed by atoms with Gasteiger partial charge in [-0.05, 0) is 25.8 Å². The average Bonchev–Trinajstić information content (AvgIpc) is 2.39. The largest absolute Gasteiger partial charge is 0.369 e. The highest BCUT2D eigenvalue weighted by Gasteiger charge is 2.19. The van der Waals surface area contributed by atoms with Gasteiger partial charge in [0.15, 0.2) is 0 Å². The summed E-state index contributed by atoms with van der Waals surface area (Å²) < 4.78 is 0. The molecule has 1 aliphatic heterocycles. The van der Waals surface area contributed by atoms with Crippen molar-refractivity contribution >= 4 is 5.91 Å². The molecule has 0 aromatic heterocycles. The first-order valence-electron chi connectivity index (χ1n) is 4.23. The van der Waals surface area contributed by atoms with Gasteiger partial charge in [0.25, 0.3) is 0 Å². The summed E-state index contributed by atoms with van der Waals surface area (Å²) in [4.78, 5) is 10.7. The molecule has 0 saturated carbocycles. The van der Waals surface area contributed by atoms with E-state index in [4.69, 9.17) is 5.73 Å². The van der Waals surface area contributed by atoms with Crippen molar-refractivity contribution in [1.82, 2.24) is 5.32 Å². The Balaban J connectivity index is 2.23. The predicted octanol–water partition coefficient (Wildman–Crippen LogP) is 0.250. The molecule has 1 saturated heterocycles. The summed E-state index contributed by atoms with van der Waals surface area (Å²) in [6.45, 7) is 2.98. The minimum absolute atomic E-state index is 0.0191. The third-order valence-corrected chi connectivity index (χ3v) is 2.29. The number of rotatable bonds is 3. The SMILES string of the molecule is CC(CC1CCCN1)C(N)=O. The average molecular weight is 156 g/mol. The van der Waals surface area contributed by atoms with Gasteiger partial charge in [0, 0.05) is 12.0 Å². The Morgan fingerprint density at radius 3 is 3.00 bits per heavy atom. The minimum atomic E-state index is -0.182. The van der Waals surface area contributed by atoms with E-state index in [0.29, 0.717) is 6.04 Å². The first-order valence-corrected chi connectivity index (χ1v) is 4.23. The Labute approximate surface area is 67.3 Å². The van der Waals surface area contributed by atoms with Gasteiger partial charge < -0.3 is 11.1 Å². The second-order valence-corrected chi connectivity index (χ2v) is 3.33. The zero-order valence-corrected chi connectivity index (χ0v) is 6.97. The lowest BCUT2D eigenvalue weighted by molar-refractivity contribution is -0.121. The van der Waals surface area contributed by atoms with Crippen molar-refractivity contribution in [1.29, 1.82) is 0 Å². The lowest BCUT2D eigenvalue weighted by Crippen LogP contribution is -2.29. The number of carbonyl (C=O) groups is 1. The van der Waals surface area contributed by atoms with Crippen LogP contribution >= 0.6 is 0 Å². The first-order chi connectivity index (χ1) is 5.20. The Hall–Kier alpha value is -0.570. The number of hydrogen-bond acceptors (Lipinski definition) is 2. The number of carbonyl (C=O) groups excluding carboxylic acids is 1. The van der Waals surface area contributed by atoms with E-state index in [-0.39, 0.29) is 11.8 Å². The highest BCUT2D eigenvalue weighted by Crippen LogP contribution is 2.13. The molecule has 0 spiro atoms. The van der Waals surface area contributed by atoms with Gasteiger partial charge in [-0.15, -0.1) is 0 Å². The quantitative estimate of drug-likeness (QED) is 0.615. The van der Waals surface area contributed by atoms with Gasteiger partial charge in [-0.2, -0.15) is 0 Å². The number of nitrogens with one attached hydrogen (secondary N) is 1. The lowest BCUT2D eigenvalue weighted by Gasteiger charge is -2.13. The van der Waals surface area contributed by atoms with Gasteiger partial charge in [-0.3, -0.25) is 4.79 Å². The van der Waals surface area contributed by atoms with Crippen LogP contribution in [0.1, 0.15) is 26.2 Å². The van der Waals surface area contributed by atoms with E-state index >= 15 is 0 Å². The van der Waals surface area contributed by atoms with Gasteiger partial charge in [-0.1, -0.05) is 6.92 Å². The van der Waals surface area contributed by atoms with E-state index in [1.165, 1.54) is 12.8 Å². The normalized spacial score (nSPS) is 26.8. The summed E-state index contributed by atoms with van der Waals surface area (Å²) in [6, 6.07) is 0.525. The van der Waals surface area contributed by atoms with Crippen molar-refractivity contribution in [2.75, 3.05) is 6.54 Å². The highest BCUT2D eigenvalue weighted by molar-refractivity contribution is 5.76. The summed E-state index contributed by atoms with van der Waals surface area (Å²) >= 11 is 0. The predicted molar refractivity (Wildman–Crippen MR) is 44.0 cm³/mol. The summed E-state index contributed by atoms with van der Waals surface area (Å²) in [7, 11) is 0. The van der Waals surface area contributed by atoms with Crippen molar-refractivity contribution in [2.24, 2.45) is 11.7 Å². The van der Waals surface area contributed by atoms with Crippen LogP contribution in [-0.4, -0.2) is 18.5 Å². The number of hydrogen-bond donors (Lipinski definition) is 2. The van der Waals surface area contributed by atoms with Gasteiger partial charge in [0.1, 0.15) is 0 Å². The molecule has 3 heteroatoms. The van der Waals surface area contributed by atoms with E-state index in [1.807, 2.05) is 6.92 Å². The third kappa shape index (κ3) is 2.50. The fraction of sp³-hybridized carbons (Fsp3) is 0.875. The van der Waals surface area contributed by atoms with Crippen molar-refractivity contribution in [2.45, 2.75) is 32.2 Å². The fourth-order valence-corrected chi connectivity index (χ4v) is 1.50. The summed E-state index contributed by atoms with van der Waals surface area (Å²) in [5, 5.41) is 3.33.